The van der Waals surface area contributed by atoms with E-state index in [0.717, 1.165) is 6.42 Å². The van der Waals surface area contributed by atoms with Crippen molar-refractivity contribution in [2.75, 3.05) is 13.2 Å². The largest absolute Gasteiger partial charge is 0.395 e. The molecule has 0 rings (SSSR count). The van der Waals surface area contributed by atoms with E-state index >= 15 is 0 Å². The number of urea groups is 1. The van der Waals surface area contributed by atoms with Crippen LogP contribution in [-0.2, 0) is 0 Å². The van der Waals surface area contributed by atoms with Crippen molar-refractivity contribution in [1.29, 1.82) is 0 Å². The van der Waals surface area contributed by atoms with Crippen LogP contribution in [0.15, 0.2) is 4.99 Å². The normalized spacial score (nSPS) is 10.2. The van der Waals surface area contributed by atoms with Gasteiger partial charge < -0.3 is 10.4 Å². The third-order valence-electron chi connectivity index (χ3n) is 0.779. The first kappa shape index (κ1) is 9.10. The van der Waals surface area contributed by atoms with E-state index in [2.05, 4.69) is 10.3 Å². The molecule has 0 aromatic carbocycles. The Labute approximate surface area is 60.0 Å². The predicted molar refractivity (Wildman–Crippen MR) is 39.3 cm³/mol. The van der Waals surface area contributed by atoms with Gasteiger partial charge in [0.05, 0.1) is 6.61 Å². The maximum atomic E-state index is 10.5. The lowest BCUT2D eigenvalue weighted by Crippen LogP contribution is -2.23. The smallest absolute Gasteiger partial charge is 0.340 e. The van der Waals surface area contributed by atoms with E-state index < -0.39 is 6.03 Å². The Balaban J connectivity index is 3.34. The second kappa shape index (κ2) is 6.22. The number of hydrogen-bond acceptors (Lipinski definition) is 2. The molecule has 0 aromatic heterocycles. The zero-order chi connectivity index (χ0) is 7.82. The minimum Gasteiger partial charge on any atom is -0.395 e. The van der Waals surface area contributed by atoms with Crippen molar-refractivity contribution in [3.05, 3.63) is 0 Å². The predicted octanol–water partition coefficient (Wildman–Crippen LogP) is 0.169. The van der Waals surface area contributed by atoms with Crippen LogP contribution < -0.4 is 5.32 Å². The number of nitrogens with one attached hydrogen (secondary N) is 1. The van der Waals surface area contributed by atoms with E-state index in [0.29, 0.717) is 0 Å². The number of amides is 2. The molecular formula is C6H12N2O2. The Kier molecular flexibility index (Phi) is 5.66. The zero-order valence-corrected chi connectivity index (χ0v) is 6.00. The van der Waals surface area contributed by atoms with Gasteiger partial charge in [-0.2, -0.15) is 0 Å². The topological polar surface area (TPSA) is 61.7 Å². The molecule has 58 valence electrons. The molecule has 2 amide bonds. The fourth-order valence-electron chi connectivity index (χ4n) is 0.383. The van der Waals surface area contributed by atoms with Crippen LogP contribution in [0.2, 0.25) is 0 Å². The highest BCUT2D eigenvalue weighted by atomic mass is 16.3. The molecule has 0 aliphatic carbocycles. The Bertz CT molecular complexity index is 123. The van der Waals surface area contributed by atoms with E-state index in [1.54, 1.807) is 0 Å². The van der Waals surface area contributed by atoms with Crippen LogP contribution in [0.1, 0.15) is 13.3 Å². The summed E-state index contributed by atoms with van der Waals surface area (Å²) in [4.78, 5) is 14.0. The molecule has 0 bridgehead atoms. The second-order valence-electron chi connectivity index (χ2n) is 1.68. The highest BCUT2D eigenvalue weighted by molar-refractivity contribution is 5.83. The van der Waals surface area contributed by atoms with Gasteiger partial charge in [0.25, 0.3) is 0 Å². The number of aliphatic hydroxyl groups is 1. The standard InChI is InChI=1S/C6H12N2O2/c1-2-3-7-6(10)8-4-5-9/h3,9H,2,4-5H2,1H3,(H,8,10). The van der Waals surface area contributed by atoms with Crippen molar-refractivity contribution in [1.82, 2.24) is 5.32 Å². The summed E-state index contributed by atoms with van der Waals surface area (Å²) in [6.45, 7) is 2.11. The molecule has 0 aromatic rings. The summed E-state index contributed by atoms with van der Waals surface area (Å²) in [6.07, 6.45) is 2.26. The monoisotopic (exact) mass is 144 g/mol. The molecule has 0 saturated carbocycles. The van der Waals surface area contributed by atoms with Gasteiger partial charge in [0.1, 0.15) is 0 Å². The summed E-state index contributed by atoms with van der Waals surface area (Å²) in [7, 11) is 0. The summed E-state index contributed by atoms with van der Waals surface area (Å²) in [5.41, 5.74) is 0. The Morgan fingerprint density at radius 1 is 1.80 bits per heavy atom. The summed E-state index contributed by atoms with van der Waals surface area (Å²) >= 11 is 0. The third kappa shape index (κ3) is 5.24. The van der Waals surface area contributed by atoms with Gasteiger partial charge in [-0.25, -0.2) is 9.79 Å². The average molecular weight is 144 g/mol. The number of carbonyl (C=O) groups excluding carboxylic acids is 1. The molecule has 2 N–H and O–H groups in total. The van der Waals surface area contributed by atoms with Crippen LogP contribution >= 0.6 is 0 Å². The van der Waals surface area contributed by atoms with E-state index in [1.165, 1.54) is 6.21 Å². The quantitative estimate of drug-likeness (QED) is 0.554. The molecule has 0 aliphatic rings. The minimum absolute atomic E-state index is 0.0482. The van der Waals surface area contributed by atoms with Crippen LogP contribution in [0.4, 0.5) is 4.79 Å². The molecular weight excluding hydrogens is 132 g/mol. The van der Waals surface area contributed by atoms with Crippen LogP contribution in [0.3, 0.4) is 0 Å². The zero-order valence-electron chi connectivity index (χ0n) is 6.00. The fraction of sp³-hybridized carbons (Fsp3) is 0.667. The van der Waals surface area contributed by atoms with Gasteiger partial charge in [-0.1, -0.05) is 6.92 Å². The van der Waals surface area contributed by atoms with E-state index in [9.17, 15) is 4.79 Å². The summed E-state index contributed by atoms with van der Waals surface area (Å²) in [6, 6.07) is -0.393. The van der Waals surface area contributed by atoms with E-state index in [1.807, 2.05) is 6.92 Å². The second-order valence-corrected chi connectivity index (χ2v) is 1.68. The van der Waals surface area contributed by atoms with Crippen LogP contribution in [-0.4, -0.2) is 30.5 Å². The van der Waals surface area contributed by atoms with Crippen molar-refractivity contribution >= 4 is 12.2 Å². The van der Waals surface area contributed by atoms with E-state index in [4.69, 9.17) is 5.11 Å². The third-order valence-corrected chi connectivity index (χ3v) is 0.779. The molecule has 4 heteroatoms. The van der Waals surface area contributed by atoms with Crippen molar-refractivity contribution in [3.63, 3.8) is 0 Å². The van der Waals surface area contributed by atoms with Gasteiger partial charge >= 0.3 is 6.03 Å². The molecule has 10 heavy (non-hydrogen) atoms. The molecule has 4 nitrogen and oxygen atoms in total. The van der Waals surface area contributed by atoms with Gasteiger partial charge in [0.15, 0.2) is 0 Å². The van der Waals surface area contributed by atoms with Gasteiger partial charge in [-0.15, -0.1) is 0 Å². The molecule has 0 heterocycles. The first-order valence-electron chi connectivity index (χ1n) is 3.22. The highest BCUT2D eigenvalue weighted by Crippen LogP contribution is 1.73. The Morgan fingerprint density at radius 2 is 2.50 bits per heavy atom. The number of carbonyl (C=O) groups is 1. The molecule has 0 radical (unpaired) electrons. The number of aliphatic imine (C=N–C) groups is 1. The first-order valence-corrected chi connectivity index (χ1v) is 3.22. The van der Waals surface area contributed by atoms with Crippen molar-refractivity contribution in [2.45, 2.75) is 13.3 Å². The van der Waals surface area contributed by atoms with Crippen molar-refractivity contribution in [3.8, 4) is 0 Å². The number of nitrogens with zero attached hydrogens (tertiary/aromatic N) is 1. The summed E-state index contributed by atoms with van der Waals surface area (Å²) < 4.78 is 0. The number of rotatable bonds is 3. The van der Waals surface area contributed by atoms with Gasteiger partial charge in [-0.3, -0.25) is 0 Å². The molecule has 0 fully saturated rings. The fourth-order valence-corrected chi connectivity index (χ4v) is 0.383. The van der Waals surface area contributed by atoms with Gasteiger partial charge in [-0.05, 0) is 6.42 Å². The van der Waals surface area contributed by atoms with E-state index in [-0.39, 0.29) is 13.2 Å². The maximum absolute atomic E-state index is 10.5. The minimum atomic E-state index is -0.393. The summed E-state index contributed by atoms with van der Waals surface area (Å²) in [5, 5.41) is 10.7. The lowest BCUT2D eigenvalue weighted by Gasteiger charge is -1.94. The van der Waals surface area contributed by atoms with Gasteiger partial charge in [0.2, 0.25) is 0 Å². The lowest BCUT2D eigenvalue weighted by molar-refractivity contribution is 0.242. The molecule has 0 unspecified atom stereocenters. The lowest BCUT2D eigenvalue weighted by atomic mass is 10.5. The van der Waals surface area contributed by atoms with Gasteiger partial charge in [0, 0.05) is 12.8 Å². The molecule has 0 saturated heterocycles. The first-order chi connectivity index (χ1) is 4.81. The number of hydrogen-bond donors (Lipinski definition) is 2. The highest BCUT2D eigenvalue weighted by Gasteiger charge is 1.91. The van der Waals surface area contributed by atoms with Crippen LogP contribution in [0, 0.1) is 0 Å². The summed E-state index contributed by atoms with van der Waals surface area (Å²) in [5.74, 6) is 0. The Hall–Kier alpha value is -0.900. The Morgan fingerprint density at radius 3 is 3.00 bits per heavy atom. The maximum Gasteiger partial charge on any atom is 0.340 e. The van der Waals surface area contributed by atoms with Crippen molar-refractivity contribution < 1.29 is 9.90 Å². The van der Waals surface area contributed by atoms with Crippen LogP contribution in [0.25, 0.3) is 0 Å². The average Bonchev–Trinajstić information content (AvgIpc) is 1.97. The number of aliphatic hydroxyl groups excluding tert-OH is 1. The molecule has 0 aliphatic heterocycles. The van der Waals surface area contributed by atoms with Crippen molar-refractivity contribution in [2.24, 2.45) is 4.99 Å². The SMILES string of the molecule is CCC=NC(=O)NCCO. The molecule has 0 atom stereocenters. The molecule has 0 spiro atoms. The van der Waals surface area contributed by atoms with Crippen LogP contribution in [0.5, 0.6) is 0 Å².